The Hall–Kier alpha value is -0.840. The number of nitrogens with two attached hydrogens (primary N) is 1. The van der Waals surface area contributed by atoms with Gasteiger partial charge in [0.15, 0.2) is 0 Å². The molecule has 2 aromatic rings. The monoisotopic (exact) mass is 296 g/mol. The average molecular weight is 297 g/mol. The number of rotatable bonds is 4. The lowest BCUT2D eigenvalue weighted by Crippen LogP contribution is -2.19. The molecule has 2 nitrogen and oxygen atoms in total. The molecule has 3 N–H and O–H groups in total. The number of thiophene rings is 1. The van der Waals surface area contributed by atoms with Gasteiger partial charge in [0, 0.05) is 16.7 Å². The van der Waals surface area contributed by atoms with Crippen molar-refractivity contribution in [2.24, 2.45) is 5.73 Å². The van der Waals surface area contributed by atoms with Crippen LogP contribution in [0.4, 0.5) is 5.69 Å². The smallest absolute Gasteiger partial charge is 0.0644 e. The van der Waals surface area contributed by atoms with Crippen LogP contribution in [0.25, 0.3) is 0 Å². The van der Waals surface area contributed by atoms with E-state index in [-0.39, 0.29) is 6.04 Å². The van der Waals surface area contributed by atoms with Gasteiger partial charge in [-0.15, -0.1) is 0 Å². The summed E-state index contributed by atoms with van der Waals surface area (Å²) in [6.45, 7) is 0.587. The number of benzene rings is 1. The second-order valence-electron chi connectivity index (χ2n) is 3.50. The van der Waals surface area contributed by atoms with Crippen LogP contribution in [0.2, 0.25) is 0 Å². The van der Waals surface area contributed by atoms with E-state index in [1.165, 1.54) is 5.56 Å². The lowest BCUT2D eigenvalue weighted by Gasteiger charge is -2.17. The normalized spacial score (nSPS) is 12.4. The first-order chi connectivity index (χ1) is 7.79. The van der Waals surface area contributed by atoms with Gasteiger partial charge in [0.1, 0.15) is 0 Å². The van der Waals surface area contributed by atoms with E-state index >= 15 is 0 Å². The van der Waals surface area contributed by atoms with E-state index in [0.29, 0.717) is 6.54 Å². The Kier molecular flexibility index (Phi) is 3.98. The van der Waals surface area contributed by atoms with Crippen LogP contribution in [-0.4, -0.2) is 6.54 Å². The summed E-state index contributed by atoms with van der Waals surface area (Å²) >= 11 is 5.15. The van der Waals surface area contributed by atoms with Gasteiger partial charge in [-0.05, 0) is 40.6 Å². The first kappa shape index (κ1) is 11.6. The highest BCUT2D eigenvalue weighted by atomic mass is 79.9. The van der Waals surface area contributed by atoms with Crippen LogP contribution in [0, 0.1) is 0 Å². The first-order valence-electron chi connectivity index (χ1n) is 5.04. The van der Waals surface area contributed by atoms with Gasteiger partial charge in [0.05, 0.1) is 6.04 Å². The second-order valence-corrected chi connectivity index (χ2v) is 5.20. The number of hydrogen-bond donors (Lipinski definition) is 2. The van der Waals surface area contributed by atoms with Gasteiger partial charge in [0.25, 0.3) is 0 Å². The minimum Gasteiger partial charge on any atom is -0.377 e. The molecular formula is C12H13BrN2S. The lowest BCUT2D eigenvalue weighted by atomic mass is 10.1. The van der Waals surface area contributed by atoms with Crippen LogP contribution in [-0.2, 0) is 0 Å². The van der Waals surface area contributed by atoms with Crippen LogP contribution < -0.4 is 11.1 Å². The summed E-state index contributed by atoms with van der Waals surface area (Å²) < 4.78 is 1.07. The molecule has 1 aromatic heterocycles. The highest BCUT2D eigenvalue weighted by Gasteiger charge is 2.09. The van der Waals surface area contributed by atoms with Crippen LogP contribution in [0.1, 0.15) is 11.6 Å². The largest absolute Gasteiger partial charge is 0.377 e. The molecule has 1 atom stereocenters. The van der Waals surface area contributed by atoms with E-state index in [1.54, 1.807) is 11.3 Å². The van der Waals surface area contributed by atoms with Crippen molar-refractivity contribution in [1.82, 2.24) is 0 Å². The summed E-state index contributed by atoms with van der Waals surface area (Å²) in [6.07, 6.45) is 0. The zero-order valence-corrected chi connectivity index (χ0v) is 11.1. The average Bonchev–Trinajstić information content (AvgIpc) is 2.79. The van der Waals surface area contributed by atoms with E-state index in [0.717, 1.165) is 10.2 Å². The molecule has 1 unspecified atom stereocenters. The Bertz CT molecular complexity index is 442. The van der Waals surface area contributed by atoms with Crippen LogP contribution in [0.15, 0.2) is 45.6 Å². The number of hydrogen-bond acceptors (Lipinski definition) is 3. The summed E-state index contributed by atoms with van der Waals surface area (Å²) in [4.78, 5) is 0. The fraction of sp³-hybridized carbons (Fsp3) is 0.167. The maximum atomic E-state index is 5.78. The highest BCUT2D eigenvalue weighted by molar-refractivity contribution is 9.10. The molecule has 0 radical (unpaired) electrons. The number of halogens is 1. The fourth-order valence-electron chi connectivity index (χ4n) is 1.53. The summed E-state index contributed by atoms with van der Waals surface area (Å²) in [5.41, 5.74) is 8.10. The summed E-state index contributed by atoms with van der Waals surface area (Å²) in [6, 6.07) is 10.4. The van der Waals surface area contributed by atoms with E-state index < -0.39 is 0 Å². The standard InChI is InChI=1S/C12H13BrN2S/c13-10-2-1-3-11(6-10)15-12(7-14)9-4-5-16-8-9/h1-6,8,12,15H,7,14H2. The molecule has 0 aliphatic heterocycles. The summed E-state index contributed by atoms with van der Waals surface area (Å²) in [5, 5.41) is 7.62. The van der Waals surface area contributed by atoms with Crippen molar-refractivity contribution in [3.8, 4) is 0 Å². The maximum Gasteiger partial charge on any atom is 0.0644 e. The quantitative estimate of drug-likeness (QED) is 0.904. The Morgan fingerprint density at radius 3 is 2.88 bits per heavy atom. The zero-order chi connectivity index (χ0) is 11.4. The molecule has 16 heavy (non-hydrogen) atoms. The molecule has 0 bridgehead atoms. The third kappa shape index (κ3) is 2.84. The van der Waals surface area contributed by atoms with Gasteiger partial charge >= 0.3 is 0 Å². The predicted octanol–water partition coefficient (Wildman–Crippen LogP) is 3.62. The molecule has 1 aromatic carbocycles. The van der Waals surface area contributed by atoms with Gasteiger partial charge in [-0.1, -0.05) is 22.0 Å². The second kappa shape index (κ2) is 5.48. The maximum absolute atomic E-state index is 5.78. The van der Waals surface area contributed by atoms with Crippen molar-refractivity contribution >= 4 is 33.0 Å². The van der Waals surface area contributed by atoms with Crippen molar-refractivity contribution in [1.29, 1.82) is 0 Å². The first-order valence-corrected chi connectivity index (χ1v) is 6.77. The minimum atomic E-state index is 0.181. The van der Waals surface area contributed by atoms with Gasteiger partial charge in [-0.3, -0.25) is 0 Å². The van der Waals surface area contributed by atoms with Crippen molar-refractivity contribution in [2.75, 3.05) is 11.9 Å². The number of anilines is 1. The highest BCUT2D eigenvalue weighted by Crippen LogP contribution is 2.22. The molecular weight excluding hydrogens is 284 g/mol. The molecule has 0 amide bonds. The molecule has 0 aliphatic carbocycles. The molecule has 0 fully saturated rings. The predicted molar refractivity (Wildman–Crippen MR) is 73.9 cm³/mol. The molecule has 1 heterocycles. The minimum absolute atomic E-state index is 0.181. The van der Waals surface area contributed by atoms with Crippen molar-refractivity contribution in [3.63, 3.8) is 0 Å². The van der Waals surface area contributed by atoms with E-state index in [4.69, 9.17) is 5.73 Å². The third-order valence-corrected chi connectivity index (χ3v) is 3.54. The SMILES string of the molecule is NCC(Nc1cccc(Br)c1)c1ccsc1. The van der Waals surface area contributed by atoms with Crippen molar-refractivity contribution < 1.29 is 0 Å². The van der Waals surface area contributed by atoms with E-state index in [2.05, 4.69) is 44.1 Å². The lowest BCUT2D eigenvalue weighted by molar-refractivity contribution is 0.793. The van der Waals surface area contributed by atoms with E-state index in [9.17, 15) is 0 Å². The van der Waals surface area contributed by atoms with E-state index in [1.807, 2.05) is 18.2 Å². The van der Waals surface area contributed by atoms with Gasteiger partial charge < -0.3 is 11.1 Å². The molecule has 4 heteroatoms. The van der Waals surface area contributed by atoms with Crippen molar-refractivity contribution in [3.05, 3.63) is 51.1 Å². The van der Waals surface area contributed by atoms with Gasteiger partial charge in [0.2, 0.25) is 0 Å². The summed E-state index contributed by atoms with van der Waals surface area (Å²) in [5.74, 6) is 0. The topological polar surface area (TPSA) is 38.0 Å². The van der Waals surface area contributed by atoms with Crippen LogP contribution in [0.3, 0.4) is 0 Å². The Morgan fingerprint density at radius 1 is 1.38 bits per heavy atom. The summed E-state index contributed by atoms with van der Waals surface area (Å²) in [7, 11) is 0. The van der Waals surface area contributed by atoms with Gasteiger partial charge in [-0.25, -0.2) is 0 Å². The number of nitrogens with one attached hydrogen (secondary N) is 1. The molecule has 84 valence electrons. The fourth-order valence-corrected chi connectivity index (χ4v) is 2.64. The Balaban J connectivity index is 2.13. The third-order valence-electron chi connectivity index (χ3n) is 2.35. The molecule has 0 saturated carbocycles. The molecule has 2 rings (SSSR count). The van der Waals surface area contributed by atoms with Crippen LogP contribution in [0.5, 0.6) is 0 Å². The zero-order valence-electron chi connectivity index (χ0n) is 8.69. The Morgan fingerprint density at radius 2 is 2.25 bits per heavy atom. The van der Waals surface area contributed by atoms with Crippen LogP contribution >= 0.6 is 27.3 Å². The van der Waals surface area contributed by atoms with Crippen molar-refractivity contribution in [2.45, 2.75) is 6.04 Å². The Labute approximate surface area is 108 Å². The molecule has 0 saturated heterocycles. The van der Waals surface area contributed by atoms with Gasteiger partial charge in [-0.2, -0.15) is 11.3 Å². The molecule has 0 spiro atoms. The molecule has 0 aliphatic rings.